The quantitative estimate of drug-likeness (QED) is 0.422. The van der Waals surface area contributed by atoms with Crippen LogP contribution in [0.15, 0.2) is 24.3 Å². The summed E-state index contributed by atoms with van der Waals surface area (Å²) in [6.07, 6.45) is 0. The maximum absolute atomic E-state index is 10.5. The molecule has 1 aromatic rings. The third kappa shape index (κ3) is 1.94. The van der Waals surface area contributed by atoms with Gasteiger partial charge in [-0.3, -0.25) is 10.1 Å². The van der Waals surface area contributed by atoms with Crippen LogP contribution in [0.4, 0.5) is 11.4 Å². The minimum Gasteiger partial charge on any atom is -0.258 e. The van der Waals surface area contributed by atoms with Crippen molar-refractivity contribution in [2.24, 2.45) is 0 Å². The molecular formula is C6H4N5O4+. The SMILES string of the molecule is N#[N+]N(c1ccccc1[N+](=O)[O-])[N+](=O)[O-]. The second-order valence-electron chi connectivity index (χ2n) is 2.36. The summed E-state index contributed by atoms with van der Waals surface area (Å²) in [6, 6.07) is 4.86. The predicted molar refractivity (Wildman–Crippen MR) is 47.7 cm³/mol. The fourth-order valence-electron chi connectivity index (χ4n) is 0.956. The molecule has 0 aliphatic carbocycles. The van der Waals surface area contributed by atoms with Crippen LogP contribution in [0.5, 0.6) is 0 Å². The summed E-state index contributed by atoms with van der Waals surface area (Å²) in [5, 5.41) is 30.4. The lowest BCUT2D eigenvalue weighted by Gasteiger charge is -1.95. The molecule has 0 saturated carbocycles. The van der Waals surface area contributed by atoms with Gasteiger partial charge in [0.1, 0.15) is 0 Å². The van der Waals surface area contributed by atoms with E-state index in [1.807, 2.05) is 0 Å². The van der Waals surface area contributed by atoms with Crippen LogP contribution in [-0.2, 0) is 0 Å². The van der Waals surface area contributed by atoms with Crippen molar-refractivity contribution in [3.8, 4) is 0 Å². The molecule has 0 fully saturated rings. The number of benzene rings is 1. The number of nitrogens with zero attached hydrogens (tertiary/aromatic N) is 5. The maximum atomic E-state index is 10.5. The van der Waals surface area contributed by atoms with Gasteiger partial charge in [-0.1, -0.05) is 12.1 Å². The lowest BCUT2D eigenvalue weighted by molar-refractivity contribution is -0.487. The first-order valence-electron chi connectivity index (χ1n) is 3.60. The molecule has 0 unspecified atom stereocenters. The first kappa shape index (κ1) is 10.3. The van der Waals surface area contributed by atoms with Crippen LogP contribution in [-0.4, -0.2) is 9.96 Å². The number of anilines is 1. The number of nitro benzene ring substituents is 1. The van der Waals surface area contributed by atoms with Crippen LogP contribution in [0.25, 0.3) is 5.08 Å². The molecule has 0 bridgehead atoms. The van der Waals surface area contributed by atoms with Crippen molar-refractivity contribution in [3.05, 3.63) is 49.6 Å². The molecule has 0 amide bonds. The van der Waals surface area contributed by atoms with Crippen molar-refractivity contribution in [1.82, 2.24) is 0 Å². The highest BCUT2D eigenvalue weighted by molar-refractivity contribution is 5.61. The largest absolute Gasteiger partial charge is 0.378 e. The highest BCUT2D eigenvalue weighted by Crippen LogP contribution is 2.27. The van der Waals surface area contributed by atoms with E-state index in [1.54, 1.807) is 0 Å². The van der Waals surface area contributed by atoms with Gasteiger partial charge in [0.05, 0.1) is 4.92 Å². The Bertz CT molecular complexity index is 453. The molecule has 0 saturated heterocycles. The van der Waals surface area contributed by atoms with Gasteiger partial charge in [-0.2, -0.15) is 0 Å². The Labute approximate surface area is 82.4 Å². The van der Waals surface area contributed by atoms with E-state index in [0.29, 0.717) is 0 Å². The Morgan fingerprint density at radius 2 is 1.87 bits per heavy atom. The Hall–Kier alpha value is -2.76. The maximum Gasteiger partial charge on any atom is 0.378 e. The number of rotatable bonds is 3. The van der Waals surface area contributed by atoms with Crippen molar-refractivity contribution in [1.29, 1.82) is 5.39 Å². The van der Waals surface area contributed by atoms with Crippen LogP contribution in [0.2, 0.25) is 0 Å². The summed E-state index contributed by atoms with van der Waals surface area (Å²) in [7, 11) is 0. The molecule has 1 rings (SSSR count). The molecule has 0 radical (unpaired) electrons. The molecule has 1 aromatic carbocycles. The van der Waals surface area contributed by atoms with E-state index in [-0.39, 0.29) is 5.12 Å². The minimum absolute atomic E-state index is 0.0852. The first-order chi connectivity index (χ1) is 7.07. The number of nitro groups is 2. The van der Waals surface area contributed by atoms with Crippen molar-refractivity contribution in [2.75, 3.05) is 5.12 Å². The molecule has 76 valence electrons. The van der Waals surface area contributed by atoms with Crippen molar-refractivity contribution >= 4 is 11.4 Å². The van der Waals surface area contributed by atoms with Gasteiger partial charge in [0.15, 0.2) is 0 Å². The van der Waals surface area contributed by atoms with Gasteiger partial charge in [-0.25, -0.2) is 10.1 Å². The normalized spacial score (nSPS) is 9.00. The topological polar surface area (TPSA) is 118 Å². The average molecular weight is 210 g/mol. The summed E-state index contributed by atoms with van der Waals surface area (Å²) >= 11 is 0. The number of hydrogen-bond donors (Lipinski definition) is 0. The van der Waals surface area contributed by atoms with E-state index in [2.05, 4.69) is 5.08 Å². The summed E-state index contributed by atoms with van der Waals surface area (Å²) in [4.78, 5) is 20.1. The molecule has 0 aliphatic heterocycles. The van der Waals surface area contributed by atoms with Gasteiger partial charge >= 0.3 is 15.9 Å². The van der Waals surface area contributed by atoms with Gasteiger partial charge in [0.25, 0.3) is 11.1 Å². The average Bonchev–Trinajstić information content (AvgIpc) is 2.18. The lowest BCUT2D eigenvalue weighted by Crippen LogP contribution is -2.22. The van der Waals surface area contributed by atoms with Crippen LogP contribution >= 0.6 is 0 Å². The zero-order chi connectivity index (χ0) is 11.4. The Morgan fingerprint density at radius 3 is 2.33 bits per heavy atom. The highest BCUT2D eigenvalue weighted by atomic mass is 16.7. The van der Waals surface area contributed by atoms with Gasteiger partial charge in [-0.15, -0.1) is 0 Å². The molecule has 9 nitrogen and oxygen atoms in total. The molecular weight excluding hydrogens is 206 g/mol. The van der Waals surface area contributed by atoms with Crippen molar-refractivity contribution < 1.29 is 9.96 Å². The molecule has 0 heterocycles. The summed E-state index contributed by atoms with van der Waals surface area (Å²) < 4.78 is 0. The first-order valence-corrected chi connectivity index (χ1v) is 3.60. The van der Waals surface area contributed by atoms with Crippen LogP contribution in [0.1, 0.15) is 0 Å². The van der Waals surface area contributed by atoms with E-state index in [9.17, 15) is 20.2 Å². The third-order valence-corrected chi connectivity index (χ3v) is 1.53. The number of hydrazine groups is 1. The molecule has 9 heteroatoms. The van der Waals surface area contributed by atoms with Gasteiger partial charge in [0, 0.05) is 6.07 Å². The van der Waals surface area contributed by atoms with Gasteiger partial charge in [-0.05, 0) is 6.07 Å². The van der Waals surface area contributed by atoms with E-state index in [4.69, 9.17) is 5.39 Å². The van der Waals surface area contributed by atoms with E-state index in [0.717, 1.165) is 12.1 Å². The standard InChI is InChI=1S/C6H4N5O4/c7-8-9(11(14)15)5-3-1-2-4-6(5)10(12)13/h1-4H/q+1. The monoisotopic (exact) mass is 210 g/mol. The lowest BCUT2D eigenvalue weighted by atomic mass is 10.3. The number of hydrogen-bond acceptors (Lipinski definition) is 5. The molecule has 0 atom stereocenters. The van der Waals surface area contributed by atoms with Gasteiger partial charge < -0.3 is 0 Å². The van der Waals surface area contributed by atoms with Gasteiger partial charge in [0.2, 0.25) is 5.03 Å². The second-order valence-corrected chi connectivity index (χ2v) is 2.36. The Balaban J connectivity index is 3.30. The zero-order valence-electron chi connectivity index (χ0n) is 7.18. The third-order valence-electron chi connectivity index (χ3n) is 1.53. The van der Waals surface area contributed by atoms with Crippen LogP contribution in [0, 0.1) is 25.6 Å². The van der Waals surface area contributed by atoms with Crippen molar-refractivity contribution in [3.63, 3.8) is 0 Å². The predicted octanol–water partition coefficient (Wildman–Crippen LogP) is 1.36. The number of para-hydroxylation sites is 2. The van der Waals surface area contributed by atoms with Crippen molar-refractivity contribution in [2.45, 2.75) is 0 Å². The second kappa shape index (κ2) is 3.97. The molecule has 0 aliphatic rings. The number of diazo groups is 1. The fraction of sp³-hybridized carbons (Fsp3) is 0. The molecule has 15 heavy (non-hydrogen) atoms. The molecule has 0 aromatic heterocycles. The summed E-state index contributed by atoms with van der Waals surface area (Å²) in [6.45, 7) is 0. The van der Waals surface area contributed by atoms with Crippen LogP contribution in [0.3, 0.4) is 0 Å². The summed E-state index contributed by atoms with van der Waals surface area (Å²) in [5.41, 5.74) is -0.943. The zero-order valence-corrected chi connectivity index (χ0v) is 7.18. The Morgan fingerprint density at radius 1 is 1.27 bits per heavy atom. The Kier molecular flexibility index (Phi) is 2.73. The van der Waals surface area contributed by atoms with E-state index >= 15 is 0 Å². The minimum atomic E-state index is -1.08. The molecule has 0 N–H and O–H groups in total. The fourth-order valence-corrected chi connectivity index (χ4v) is 0.956. The smallest absolute Gasteiger partial charge is 0.258 e. The van der Waals surface area contributed by atoms with E-state index in [1.165, 1.54) is 12.1 Å². The highest BCUT2D eigenvalue weighted by Gasteiger charge is 2.37. The van der Waals surface area contributed by atoms with Crippen LogP contribution < -0.4 is 5.12 Å². The molecule has 0 spiro atoms. The summed E-state index contributed by atoms with van der Waals surface area (Å²) in [5.74, 6) is 0. The van der Waals surface area contributed by atoms with E-state index < -0.39 is 21.3 Å².